The highest BCUT2D eigenvalue weighted by Gasteiger charge is 2.45. The number of carbonyl (C=O) groups excluding carboxylic acids is 1. The minimum atomic E-state index is -2.90. The van der Waals surface area contributed by atoms with Gasteiger partial charge >= 0.3 is 0 Å². The minimum Gasteiger partial charge on any atom is -0.395 e. The van der Waals surface area contributed by atoms with E-state index in [-0.39, 0.29) is 6.54 Å². The second-order valence-electron chi connectivity index (χ2n) is 8.62. The zero-order valence-electron chi connectivity index (χ0n) is 19.3. The summed E-state index contributed by atoms with van der Waals surface area (Å²) < 4.78 is 29.0. The molecule has 4 N–H and O–H groups in total. The number of nitrogens with one attached hydrogen (secondary N) is 3. The smallest absolute Gasteiger partial charge is 0.262 e. The third-order valence-corrected chi connectivity index (χ3v) is 6.58. The molecule has 3 aromatic heterocycles. The number of fused-ring (bicyclic) bond motifs is 1. The molecule has 13 heteroatoms. The van der Waals surface area contributed by atoms with Gasteiger partial charge in [0, 0.05) is 41.0 Å². The molecule has 1 aromatic carbocycles. The topological polar surface area (TPSA) is 123 Å². The van der Waals surface area contributed by atoms with Crippen LogP contribution < -0.4 is 10.6 Å². The van der Waals surface area contributed by atoms with E-state index in [1.165, 1.54) is 16.7 Å². The number of aryl methyl sites for hydroxylation is 1. The summed E-state index contributed by atoms with van der Waals surface area (Å²) in [5.41, 5.74) is 2.26. The van der Waals surface area contributed by atoms with Crippen molar-refractivity contribution in [3.05, 3.63) is 54.4 Å². The number of aliphatic hydroxyl groups is 1. The highest BCUT2D eigenvalue weighted by atomic mass is 32.2. The first-order valence-electron chi connectivity index (χ1n) is 11.2. The lowest BCUT2D eigenvalue weighted by Gasteiger charge is -2.21. The van der Waals surface area contributed by atoms with Gasteiger partial charge in [-0.25, -0.2) is 18.3 Å². The van der Waals surface area contributed by atoms with Gasteiger partial charge in [-0.05, 0) is 55.1 Å². The molecule has 0 saturated carbocycles. The van der Waals surface area contributed by atoms with Crippen LogP contribution in [0, 0.1) is 6.92 Å². The third-order valence-electron chi connectivity index (χ3n) is 5.71. The van der Waals surface area contributed by atoms with Gasteiger partial charge in [-0.15, -0.1) is 5.10 Å². The van der Waals surface area contributed by atoms with Crippen LogP contribution in [-0.4, -0.2) is 72.4 Å². The molecule has 5 rings (SSSR count). The van der Waals surface area contributed by atoms with Crippen LogP contribution in [0.25, 0.3) is 5.52 Å². The standard InChI is InChI=1S/C23H24F2N8O2S/c1-14-9-19(30-29-14)27-21-18-3-2-8-33(18)31-22(28-21)36-17-6-4-15(5-7-17)26-20(35)11-32-13-23(24,25)10-16(32)12-34/h2-9,16,34H,10-13H2,1H3,(H,26,35)(H2,27,28,29,30,31)/t16-/m0/s1. The molecule has 4 heterocycles. The third kappa shape index (κ3) is 5.48. The Balaban J connectivity index is 1.24. The molecule has 1 fully saturated rings. The van der Waals surface area contributed by atoms with E-state index in [0.29, 0.717) is 22.5 Å². The number of carbonyl (C=O) groups is 1. The molecule has 1 saturated heterocycles. The van der Waals surface area contributed by atoms with Crippen molar-refractivity contribution in [3.63, 3.8) is 0 Å². The zero-order chi connectivity index (χ0) is 25.3. The first-order valence-corrected chi connectivity index (χ1v) is 12.0. The maximum atomic E-state index is 13.6. The molecular weight excluding hydrogens is 490 g/mol. The molecule has 1 aliphatic heterocycles. The van der Waals surface area contributed by atoms with Crippen molar-refractivity contribution in [2.75, 3.05) is 30.3 Å². The Morgan fingerprint density at radius 3 is 2.83 bits per heavy atom. The Hall–Kier alpha value is -3.55. The molecule has 10 nitrogen and oxygen atoms in total. The van der Waals surface area contributed by atoms with Crippen LogP contribution in [0.15, 0.2) is 58.7 Å². The molecule has 0 radical (unpaired) electrons. The number of aromatic nitrogens is 5. The van der Waals surface area contributed by atoms with Crippen LogP contribution in [0.3, 0.4) is 0 Å². The number of rotatable bonds is 8. The monoisotopic (exact) mass is 514 g/mol. The number of anilines is 3. The van der Waals surface area contributed by atoms with Crippen molar-refractivity contribution in [1.29, 1.82) is 0 Å². The first-order chi connectivity index (χ1) is 17.3. The zero-order valence-corrected chi connectivity index (χ0v) is 20.1. The number of alkyl halides is 2. The highest BCUT2D eigenvalue weighted by molar-refractivity contribution is 7.99. The fraction of sp³-hybridized carbons (Fsp3) is 0.304. The van der Waals surface area contributed by atoms with Crippen molar-refractivity contribution >= 4 is 40.5 Å². The summed E-state index contributed by atoms with van der Waals surface area (Å²) in [6.45, 7) is 0.746. The lowest BCUT2D eigenvalue weighted by molar-refractivity contribution is -0.117. The van der Waals surface area contributed by atoms with Crippen LogP contribution in [0.4, 0.5) is 26.1 Å². The first kappa shape index (κ1) is 24.2. The van der Waals surface area contributed by atoms with Crippen LogP contribution in [-0.2, 0) is 4.79 Å². The summed E-state index contributed by atoms with van der Waals surface area (Å²) in [5.74, 6) is -2.06. The number of hydrogen-bond donors (Lipinski definition) is 4. The summed E-state index contributed by atoms with van der Waals surface area (Å²) >= 11 is 1.35. The van der Waals surface area contributed by atoms with Gasteiger partial charge in [-0.3, -0.25) is 14.8 Å². The van der Waals surface area contributed by atoms with E-state index in [0.717, 1.165) is 16.1 Å². The van der Waals surface area contributed by atoms with Crippen molar-refractivity contribution in [3.8, 4) is 0 Å². The summed E-state index contributed by atoms with van der Waals surface area (Å²) in [5, 5.41) is 27.4. The van der Waals surface area contributed by atoms with Gasteiger partial charge in [0.05, 0.1) is 19.7 Å². The summed E-state index contributed by atoms with van der Waals surface area (Å²) in [4.78, 5) is 19.2. The van der Waals surface area contributed by atoms with Crippen molar-refractivity contribution < 1.29 is 18.7 Å². The van der Waals surface area contributed by atoms with Gasteiger partial charge in [0.2, 0.25) is 11.1 Å². The minimum absolute atomic E-state index is 0.215. The Bertz CT molecular complexity index is 1370. The molecule has 0 spiro atoms. The lowest BCUT2D eigenvalue weighted by atomic mass is 10.2. The molecule has 0 bridgehead atoms. The van der Waals surface area contributed by atoms with Gasteiger partial charge in [-0.2, -0.15) is 5.10 Å². The molecule has 4 aromatic rings. The van der Waals surface area contributed by atoms with Gasteiger partial charge < -0.3 is 15.7 Å². The molecular formula is C23H24F2N8O2S. The van der Waals surface area contributed by atoms with E-state index in [9.17, 15) is 18.7 Å². The number of likely N-dealkylation sites (tertiary alicyclic amines) is 1. The fourth-order valence-electron chi connectivity index (χ4n) is 4.08. The van der Waals surface area contributed by atoms with E-state index >= 15 is 0 Å². The second kappa shape index (κ2) is 9.84. The molecule has 0 unspecified atom stereocenters. The largest absolute Gasteiger partial charge is 0.395 e. The van der Waals surface area contributed by atoms with Gasteiger partial charge in [-0.1, -0.05) is 0 Å². The van der Waals surface area contributed by atoms with E-state index < -0.39 is 37.4 Å². The van der Waals surface area contributed by atoms with Crippen LogP contribution in [0.5, 0.6) is 0 Å². The van der Waals surface area contributed by atoms with Crippen molar-refractivity contribution in [1.82, 2.24) is 29.7 Å². The fourth-order valence-corrected chi connectivity index (χ4v) is 4.83. The number of aliphatic hydroxyl groups excluding tert-OH is 1. The maximum Gasteiger partial charge on any atom is 0.262 e. The summed E-state index contributed by atoms with van der Waals surface area (Å²) in [7, 11) is 0. The molecule has 36 heavy (non-hydrogen) atoms. The lowest BCUT2D eigenvalue weighted by Crippen LogP contribution is -2.39. The Kier molecular flexibility index (Phi) is 6.60. The van der Waals surface area contributed by atoms with Crippen LogP contribution in [0.2, 0.25) is 0 Å². The molecule has 1 amide bonds. The second-order valence-corrected chi connectivity index (χ2v) is 9.66. The van der Waals surface area contributed by atoms with Crippen LogP contribution >= 0.6 is 11.8 Å². The summed E-state index contributed by atoms with van der Waals surface area (Å²) in [6.07, 6.45) is 1.39. The number of nitrogens with zero attached hydrogens (tertiary/aromatic N) is 5. The van der Waals surface area contributed by atoms with Crippen LogP contribution in [0.1, 0.15) is 12.1 Å². The van der Waals surface area contributed by atoms with Gasteiger partial charge in [0.15, 0.2) is 11.6 Å². The Morgan fingerprint density at radius 2 is 2.11 bits per heavy atom. The number of benzene rings is 1. The molecule has 188 valence electrons. The number of halogens is 2. The number of hydrogen-bond acceptors (Lipinski definition) is 8. The normalized spacial score (nSPS) is 17.5. The number of amides is 1. The number of aromatic amines is 1. The average Bonchev–Trinajstić information content (AvgIpc) is 3.53. The van der Waals surface area contributed by atoms with Crippen molar-refractivity contribution in [2.24, 2.45) is 0 Å². The predicted octanol–water partition coefficient (Wildman–Crippen LogP) is 3.30. The number of H-pyrrole nitrogens is 1. The Morgan fingerprint density at radius 1 is 1.31 bits per heavy atom. The average molecular weight is 515 g/mol. The quantitative estimate of drug-likeness (QED) is 0.283. The van der Waals surface area contributed by atoms with Gasteiger partial charge in [0.25, 0.3) is 5.92 Å². The maximum absolute atomic E-state index is 13.6. The van der Waals surface area contributed by atoms with E-state index in [4.69, 9.17) is 0 Å². The Labute approximate surface area is 209 Å². The van der Waals surface area contributed by atoms with E-state index in [1.54, 1.807) is 16.6 Å². The highest BCUT2D eigenvalue weighted by Crippen LogP contribution is 2.32. The van der Waals surface area contributed by atoms with E-state index in [2.05, 4.69) is 30.9 Å². The SMILES string of the molecule is Cc1cc(Nc2nc(Sc3ccc(NC(=O)CN4CC(F)(F)C[C@H]4CO)cc3)nn3cccc23)n[nH]1. The molecule has 0 aliphatic carbocycles. The van der Waals surface area contributed by atoms with Gasteiger partial charge in [0.1, 0.15) is 5.52 Å². The van der Waals surface area contributed by atoms with Crippen molar-refractivity contribution in [2.45, 2.75) is 35.4 Å². The van der Waals surface area contributed by atoms with E-state index in [1.807, 2.05) is 43.5 Å². The summed E-state index contributed by atoms with van der Waals surface area (Å²) in [6, 6.07) is 12.0. The molecule has 1 aliphatic rings. The predicted molar refractivity (Wildman–Crippen MR) is 131 cm³/mol. The molecule has 1 atom stereocenters.